The van der Waals surface area contributed by atoms with Crippen LogP contribution in [-0.2, 0) is 13.5 Å². The molecule has 2 aromatic heterocycles. The number of imidazole rings is 1. The van der Waals surface area contributed by atoms with E-state index in [1.165, 1.54) is 11.5 Å². The molecule has 7 heteroatoms. The van der Waals surface area contributed by atoms with Gasteiger partial charge in [-0.25, -0.2) is 4.98 Å². The van der Waals surface area contributed by atoms with Crippen LogP contribution in [0.25, 0.3) is 0 Å². The van der Waals surface area contributed by atoms with E-state index in [1.54, 1.807) is 12.4 Å². The van der Waals surface area contributed by atoms with Crippen LogP contribution in [0.5, 0.6) is 0 Å². The first-order chi connectivity index (χ1) is 7.31. The predicted molar refractivity (Wildman–Crippen MR) is 56.9 cm³/mol. The molecule has 0 radical (unpaired) electrons. The summed E-state index contributed by atoms with van der Waals surface area (Å²) in [4.78, 5) is 5.26. The first-order valence-electron chi connectivity index (χ1n) is 4.51. The van der Waals surface area contributed by atoms with Crippen molar-refractivity contribution in [2.45, 2.75) is 12.5 Å². The molecule has 6 nitrogen and oxygen atoms in total. The van der Waals surface area contributed by atoms with Gasteiger partial charge in [-0.2, -0.15) is 0 Å². The summed E-state index contributed by atoms with van der Waals surface area (Å²) in [7, 11) is 1.96. The molecule has 0 saturated heterocycles. The molecule has 2 aromatic rings. The number of aromatic nitrogens is 4. The van der Waals surface area contributed by atoms with E-state index in [0.29, 0.717) is 0 Å². The molecule has 2 rings (SSSR count). The van der Waals surface area contributed by atoms with Gasteiger partial charge in [-0.3, -0.25) is 11.3 Å². The van der Waals surface area contributed by atoms with Crippen LogP contribution in [0.1, 0.15) is 16.7 Å². The van der Waals surface area contributed by atoms with Crippen LogP contribution in [0.4, 0.5) is 0 Å². The first kappa shape index (κ1) is 10.2. The van der Waals surface area contributed by atoms with Crippen molar-refractivity contribution >= 4 is 11.5 Å². The minimum Gasteiger partial charge on any atom is -0.338 e. The number of nitrogens with one attached hydrogen (secondary N) is 1. The summed E-state index contributed by atoms with van der Waals surface area (Å²) in [5.41, 5.74) is 2.75. The molecule has 0 amide bonds. The summed E-state index contributed by atoms with van der Waals surface area (Å²) in [6.07, 6.45) is 6.13. The summed E-state index contributed by atoms with van der Waals surface area (Å²) in [5, 5.41) is 3.79. The van der Waals surface area contributed by atoms with E-state index in [4.69, 9.17) is 5.84 Å². The number of nitrogens with two attached hydrogens (primary N) is 1. The van der Waals surface area contributed by atoms with Gasteiger partial charge in [0, 0.05) is 25.9 Å². The zero-order chi connectivity index (χ0) is 10.7. The molecule has 15 heavy (non-hydrogen) atoms. The van der Waals surface area contributed by atoms with Gasteiger partial charge in [0.2, 0.25) is 0 Å². The van der Waals surface area contributed by atoms with Gasteiger partial charge >= 0.3 is 0 Å². The maximum atomic E-state index is 5.49. The number of hydrogen-bond acceptors (Lipinski definition) is 6. The Hall–Kier alpha value is -1.31. The lowest BCUT2D eigenvalue weighted by Gasteiger charge is -2.12. The average Bonchev–Trinajstić information content (AvgIpc) is 2.86. The molecule has 0 aliphatic heterocycles. The smallest absolute Gasteiger partial charge is 0.110 e. The quantitative estimate of drug-likeness (QED) is 0.565. The lowest BCUT2D eigenvalue weighted by molar-refractivity contribution is 0.537. The van der Waals surface area contributed by atoms with Gasteiger partial charge in [-0.15, -0.1) is 5.10 Å². The van der Waals surface area contributed by atoms with Crippen LogP contribution in [-0.4, -0.2) is 19.1 Å². The molecule has 80 valence electrons. The number of hydrazine groups is 1. The van der Waals surface area contributed by atoms with Gasteiger partial charge in [0.25, 0.3) is 0 Å². The molecule has 2 heterocycles. The highest BCUT2D eigenvalue weighted by Gasteiger charge is 2.15. The summed E-state index contributed by atoms with van der Waals surface area (Å²) >= 11 is 1.34. The second kappa shape index (κ2) is 4.47. The van der Waals surface area contributed by atoms with Crippen molar-refractivity contribution in [2.24, 2.45) is 12.9 Å². The summed E-state index contributed by atoms with van der Waals surface area (Å²) in [5.74, 6) is 6.47. The SMILES string of the molecule is Cn1ccnc1CC(NN)c1cnns1. The van der Waals surface area contributed by atoms with Crippen LogP contribution in [0.3, 0.4) is 0 Å². The van der Waals surface area contributed by atoms with Gasteiger partial charge in [-0.1, -0.05) is 4.49 Å². The van der Waals surface area contributed by atoms with E-state index < -0.39 is 0 Å². The number of rotatable bonds is 4. The van der Waals surface area contributed by atoms with Crippen LogP contribution in [0.2, 0.25) is 0 Å². The van der Waals surface area contributed by atoms with Gasteiger partial charge in [-0.05, 0) is 11.5 Å². The Kier molecular flexibility index (Phi) is 3.05. The van der Waals surface area contributed by atoms with Crippen LogP contribution in [0, 0.1) is 0 Å². The van der Waals surface area contributed by atoms with Crippen molar-refractivity contribution in [1.29, 1.82) is 0 Å². The first-order valence-corrected chi connectivity index (χ1v) is 5.28. The van der Waals surface area contributed by atoms with E-state index in [0.717, 1.165) is 17.1 Å². The van der Waals surface area contributed by atoms with Crippen LogP contribution in [0.15, 0.2) is 18.6 Å². The Bertz CT molecular complexity index is 408. The zero-order valence-corrected chi connectivity index (χ0v) is 9.11. The fourth-order valence-electron chi connectivity index (χ4n) is 1.35. The lowest BCUT2D eigenvalue weighted by Crippen LogP contribution is -2.29. The number of aryl methyl sites for hydroxylation is 1. The highest BCUT2D eigenvalue weighted by Crippen LogP contribution is 2.18. The van der Waals surface area contributed by atoms with E-state index in [1.807, 2.05) is 17.8 Å². The monoisotopic (exact) mass is 224 g/mol. The van der Waals surface area contributed by atoms with Crippen molar-refractivity contribution in [3.05, 3.63) is 29.3 Å². The van der Waals surface area contributed by atoms with E-state index in [2.05, 4.69) is 20.0 Å². The molecule has 0 aliphatic rings. The Labute approximate surface area is 91.3 Å². The summed E-state index contributed by atoms with van der Waals surface area (Å²) < 4.78 is 5.78. The maximum absolute atomic E-state index is 5.49. The van der Waals surface area contributed by atoms with Crippen LogP contribution < -0.4 is 11.3 Å². The Balaban J connectivity index is 2.13. The molecule has 0 spiro atoms. The van der Waals surface area contributed by atoms with Crippen molar-refractivity contribution in [2.75, 3.05) is 0 Å². The van der Waals surface area contributed by atoms with E-state index in [-0.39, 0.29) is 6.04 Å². The molecule has 0 fully saturated rings. The van der Waals surface area contributed by atoms with E-state index >= 15 is 0 Å². The molecule has 0 aliphatic carbocycles. The van der Waals surface area contributed by atoms with E-state index in [9.17, 15) is 0 Å². The van der Waals surface area contributed by atoms with Gasteiger partial charge in [0.05, 0.1) is 17.1 Å². The number of nitrogens with zero attached hydrogens (tertiary/aromatic N) is 4. The summed E-state index contributed by atoms with van der Waals surface area (Å²) in [6.45, 7) is 0. The fourth-order valence-corrected chi connectivity index (χ4v) is 1.91. The third-order valence-corrected chi connectivity index (χ3v) is 3.01. The Morgan fingerprint density at radius 3 is 3.07 bits per heavy atom. The molecular weight excluding hydrogens is 212 g/mol. The minimum absolute atomic E-state index is 0.0195. The van der Waals surface area contributed by atoms with Crippen LogP contribution >= 0.6 is 11.5 Å². The zero-order valence-electron chi connectivity index (χ0n) is 8.29. The second-order valence-electron chi connectivity index (χ2n) is 3.20. The maximum Gasteiger partial charge on any atom is 0.110 e. The van der Waals surface area contributed by atoms with Crippen molar-refractivity contribution in [1.82, 2.24) is 24.6 Å². The fraction of sp³-hybridized carbons (Fsp3) is 0.375. The van der Waals surface area contributed by atoms with Crippen molar-refractivity contribution in [3.8, 4) is 0 Å². The van der Waals surface area contributed by atoms with Gasteiger partial charge < -0.3 is 4.57 Å². The van der Waals surface area contributed by atoms with Gasteiger partial charge in [0.1, 0.15) is 5.82 Å². The van der Waals surface area contributed by atoms with Crippen molar-refractivity contribution in [3.63, 3.8) is 0 Å². The topological polar surface area (TPSA) is 81.7 Å². The molecular formula is C8H12N6S. The molecule has 0 aromatic carbocycles. The summed E-state index contributed by atoms with van der Waals surface area (Å²) in [6, 6.07) is 0.0195. The molecule has 3 N–H and O–H groups in total. The Morgan fingerprint density at radius 2 is 2.53 bits per heavy atom. The lowest BCUT2D eigenvalue weighted by atomic mass is 10.2. The average molecular weight is 224 g/mol. The third-order valence-electron chi connectivity index (χ3n) is 2.23. The predicted octanol–water partition coefficient (Wildman–Crippen LogP) is 0.0187. The number of hydrogen-bond donors (Lipinski definition) is 2. The highest BCUT2D eigenvalue weighted by atomic mass is 32.1. The molecule has 0 bridgehead atoms. The second-order valence-corrected chi connectivity index (χ2v) is 4.01. The normalized spacial score (nSPS) is 12.9. The third kappa shape index (κ3) is 2.20. The molecule has 1 atom stereocenters. The van der Waals surface area contributed by atoms with Gasteiger partial charge in [0.15, 0.2) is 0 Å². The van der Waals surface area contributed by atoms with Crippen molar-refractivity contribution < 1.29 is 0 Å². The molecule has 0 saturated carbocycles. The Morgan fingerprint density at radius 1 is 1.67 bits per heavy atom. The molecule has 1 unspecified atom stereocenters. The highest BCUT2D eigenvalue weighted by molar-refractivity contribution is 7.05. The largest absolute Gasteiger partial charge is 0.338 e. The standard InChI is InChI=1S/C8H12N6S/c1-14-3-2-10-8(14)4-6(12-9)7-5-11-13-15-7/h2-3,5-6,12H,4,9H2,1H3. The minimum atomic E-state index is 0.0195.